The molecule has 0 amide bonds. The van der Waals surface area contributed by atoms with Crippen molar-refractivity contribution < 1.29 is 0 Å². The first-order valence-corrected chi connectivity index (χ1v) is 6.90. The zero-order chi connectivity index (χ0) is 14.8. The molecule has 3 N–H and O–H groups in total. The Labute approximate surface area is 125 Å². The summed E-state index contributed by atoms with van der Waals surface area (Å²) in [6.07, 6.45) is 1.73. The van der Waals surface area contributed by atoms with E-state index >= 15 is 0 Å². The van der Waals surface area contributed by atoms with Crippen LogP contribution in [-0.2, 0) is 5.41 Å². The molecule has 0 saturated carbocycles. The Bertz CT molecular complexity index is 595. The number of hydrogen-bond acceptors (Lipinski definition) is 3. The Morgan fingerprint density at radius 1 is 1.05 bits per heavy atom. The number of hydrogen-bond donors (Lipinski definition) is 2. The Hall–Kier alpha value is -1.94. The summed E-state index contributed by atoms with van der Waals surface area (Å²) >= 11 is 4.88. The van der Waals surface area contributed by atoms with Crippen molar-refractivity contribution in [1.29, 1.82) is 0 Å². The van der Waals surface area contributed by atoms with E-state index in [1.54, 1.807) is 6.20 Å². The predicted molar refractivity (Wildman–Crippen MR) is 88.5 cm³/mol. The maximum absolute atomic E-state index is 5.52. The molecule has 0 bridgehead atoms. The van der Waals surface area contributed by atoms with Gasteiger partial charge in [0.05, 0.1) is 17.6 Å². The smallest absolute Gasteiger partial charge is 0.122 e. The van der Waals surface area contributed by atoms with Crippen LogP contribution >= 0.6 is 12.2 Å². The van der Waals surface area contributed by atoms with Gasteiger partial charge < -0.3 is 11.1 Å². The van der Waals surface area contributed by atoms with Crippen molar-refractivity contribution in [3.05, 3.63) is 53.9 Å². The average molecular weight is 285 g/mol. The zero-order valence-electron chi connectivity index (χ0n) is 12.0. The fourth-order valence-electron chi connectivity index (χ4n) is 1.83. The van der Waals surface area contributed by atoms with Gasteiger partial charge in [-0.25, -0.2) is 0 Å². The summed E-state index contributed by atoms with van der Waals surface area (Å²) in [6, 6.07) is 12.1. The SMILES string of the molecule is CC(C)(C)c1ccc(Nc2ccc(C(N)=S)nc2)cc1. The number of thiocarbonyl (C=S) groups is 1. The van der Waals surface area contributed by atoms with Gasteiger partial charge in [0.2, 0.25) is 0 Å². The molecule has 0 radical (unpaired) electrons. The number of rotatable bonds is 3. The van der Waals surface area contributed by atoms with Crippen LogP contribution in [0.25, 0.3) is 0 Å². The highest BCUT2D eigenvalue weighted by atomic mass is 32.1. The molecule has 0 atom stereocenters. The molecule has 3 nitrogen and oxygen atoms in total. The first kappa shape index (κ1) is 14.5. The largest absolute Gasteiger partial charge is 0.388 e. The molecule has 0 unspecified atom stereocenters. The number of nitrogens with zero attached hydrogens (tertiary/aromatic N) is 1. The van der Waals surface area contributed by atoms with Crippen molar-refractivity contribution in [3.63, 3.8) is 0 Å². The molecular formula is C16H19N3S. The van der Waals surface area contributed by atoms with Crippen LogP contribution in [0.5, 0.6) is 0 Å². The van der Waals surface area contributed by atoms with Crippen LogP contribution < -0.4 is 11.1 Å². The number of anilines is 2. The lowest BCUT2D eigenvalue weighted by atomic mass is 9.87. The molecular weight excluding hydrogens is 266 g/mol. The average Bonchev–Trinajstić information content (AvgIpc) is 2.39. The van der Waals surface area contributed by atoms with Crippen LogP contribution in [0.1, 0.15) is 32.0 Å². The van der Waals surface area contributed by atoms with Crippen molar-refractivity contribution in [2.24, 2.45) is 5.73 Å². The predicted octanol–water partition coefficient (Wildman–Crippen LogP) is 3.76. The van der Waals surface area contributed by atoms with Gasteiger partial charge in [0, 0.05) is 5.69 Å². The molecule has 2 aromatic rings. The number of nitrogens with two attached hydrogens (primary N) is 1. The fourth-order valence-corrected chi connectivity index (χ4v) is 1.95. The number of nitrogens with one attached hydrogen (secondary N) is 1. The van der Waals surface area contributed by atoms with Gasteiger partial charge in [-0.2, -0.15) is 0 Å². The normalized spacial score (nSPS) is 11.2. The number of aromatic nitrogens is 1. The highest BCUT2D eigenvalue weighted by Crippen LogP contribution is 2.24. The first-order valence-electron chi connectivity index (χ1n) is 6.50. The van der Waals surface area contributed by atoms with E-state index in [0.29, 0.717) is 10.7 Å². The third-order valence-electron chi connectivity index (χ3n) is 3.06. The van der Waals surface area contributed by atoms with Crippen molar-refractivity contribution in [2.45, 2.75) is 26.2 Å². The van der Waals surface area contributed by atoms with Crippen LogP contribution in [0.4, 0.5) is 11.4 Å². The Morgan fingerprint density at radius 2 is 1.65 bits per heavy atom. The topological polar surface area (TPSA) is 50.9 Å². The summed E-state index contributed by atoms with van der Waals surface area (Å²) in [5.41, 5.74) is 9.57. The van der Waals surface area contributed by atoms with E-state index in [4.69, 9.17) is 18.0 Å². The molecule has 1 aromatic heterocycles. The minimum atomic E-state index is 0.165. The second-order valence-corrected chi connectivity index (χ2v) is 6.19. The van der Waals surface area contributed by atoms with Crippen LogP contribution in [0.2, 0.25) is 0 Å². The van der Waals surface area contributed by atoms with Crippen LogP contribution in [0.3, 0.4) is 0 Å². The maximum atomic E-state index is 5.52. The van der Waals surface area contributed by atoms with Gasteiger partial charge in [-0.05, 0) is 35.2 Å². The maximum Gasteiger partial charge on any atom is 0.122 e. The van der Waals surface area contributed by atoms with E-state index in [2.05, 4.69) is 55.3 Å². The van der Waals surface area contributed by atoms with Crippen molar-refractivity contribution in [2.75, 3.05) is 5.32 Å². The van der Waals surface area contributed by atoms with Crippen molar-refractivity contribution in [3.8, 4) is 0 Å². The minimum absolute atomic E-state index is 0.165. The third kappa shape index (κ3) is 3.54. The van der Waals surface area contributed by atoms with E-state index < -0.39 is 0 Å². The molecule has 1 heterocycles. The highest BCUT2D eigenvalue weighted by molar-refractivity contribution is 7.80. The van der Waals surface area contributed by atoms with Crippen molar-refractivity contribution in [1.82, 2.24) is 4.98 Å². The van der Waals surface area contributed by atoms with Gasteiger partial charge in [-0.1, -0.05) is 45.1 Å². The summed E-state index contributed by atoms with van der Waals surface area (Å²) < 4.78 is 0. The lowest BCUT2D eigenvalue weighted by Gasteiger charge is -2.19. The second kappa shape index (κ2) is 5.59. The Balaban J connectivity index is 2.12. The highest BCUT2D eigenvalue weighted by Gasteiger charge is 2.12. The minimum Gasteiger partial charge on any atom is -0.388 e. The molecule has 104 valence electrons. The first-order chi connectivity index (χ1) is 9.36. The molecule has 1 aromatic carbocycles. The summed E-state index contributed by atoms with van der Waals surface area (Å²) in [7, 11) is 0. The second-order valence-electron chi connectivity index (χ2n) is 5.75. The van der Waals surface area contributed by atoms with Crippen LogP contribution in [0.15, 0.2) is 42.6 Å². The van der Waals surface area contributed by atoms with Gasteiger partial charge in [0.25, 0.3) is 0 Å². The third-order valence-corrected chi connectivity index (χ3v) is 3.26. The van der Waals surface area contributed by atoms with Gasteiger partial charge in [-0.3, -0.25) is 4.98 Å². The molecule has 0 saturated heterocycles. The summed E-state index contributed by atoms with van der Waals surface area (Å²) in [5.74, 6) is 0. The summed E-state index contributed by atoms with van der Waals surface area (Å²) in [5, 5.41) is 3.30. The van der Waals surface area contributed by atoms with E-state index in [1.165, 1.54) is 5.56 Å². The van der Waals surface area contributed by atoms with E-state index in [1.807, 2.05) is 12.1 Å². The standard InChI is InChI=1S/C16H19N3S/c1-16(2,3)11-4-6-12(7-5-11)19-13-8-9-14(15(17)20)18-10-13/h4-10,19H,1-3H3,(H2,17,20). The summed E-state index contributed by atoms with van der Waals surface area (Å²) in [4.78, 5) is 4.51. The monoisotopic (exact) mass is 285 g/mol. The lowest BCUT2D eigenvalue weighted by molar-refractivity contribution is 0.590. The van der Waals surface area contributed by atoms with Gasteiger partial charge in [0.15, 0.2) is 0 Å². The van der Waals surface area contributed by atoms with E-state index in [9.17, 15) is 0 Å². The molecule has 4 heteroatoms. The molecule has 0 fully saturated rings. The van der Waals surface area contributed by atoms with Gasteiger partial charge in [-0.15, -0.1) is 0 Å². The zero-order valence-corrected chi connectivity index (χ0v) is 12.8. The molecule has 20 heavy (non-hydrogen) atoms. The van der Waals surface area contributed by atoms with E-state index in [0.717, 1.165) is 11.4 Å². The summed E-state index contributed by atoms with van der Waals surface area (Å²) in [6.45, 7) is 6.61. The molecule has 0 aliphatic heterocycles. The van der Waals surface area contributed by atoms with Crippen LogP contribution in [-0.4, -0.2) is 9.97 Å². The lowest BCUT2D eigenvalue weighted by Crippen LogP contribution is -2.11. The van der Waals surface area contributed by atoms with Gasteiger partial charge >= 0.3 is 0 Å². The number of pyridine rings is 1. The molecule has 0 aliphatic rings. The van der Waals surface area contributed by atoms with Crippen LogP contribution in [0, 0.1) is 0 Å². The van der Waals surface area contributed by atoms with Crippen molar-refractivity contribution >= 4 is 28.6 Å². The van der Waals surface area contributed by atoms with E-state index in [-0.39, 0.29) is 5.41 Å². The molecule has 0 aliphatic carbocycles. The molecule has 0 spiro atoms. The van der Waals surface area contributed by atoms with Gasteiger partial charge in [0.1, 0.15) is 4.99 Å². The Kier molecular flexibility index (Phi) is 4.04. The quantitative estimate of drug-likeness (QED) is 0.843. The number of benzene rings is 1. The molecule has 2 rings (SSSR count). The Morgan fingerprint density at radius 3 is 2.10 bits per heavy atom. The fraction of sp³-hybridized carbons (Fsp3) is 0.250.